The summed E-state index contributed by atoms with van der Waals surface area (Å²) >= 11 is 4.47. The molecule has 0 amide bonds. The number of benzene rings is 1. The fraction of sp³-hybridized carbons (Fsp3) is 0.500. The van der Waals surface area contributed by atoms with E-state index in [1.54, 1.807) is 5.38 Å². The quantitative estimate of drug-likeness (QED) is 0.429. The van der Waals surface area contributed by atoms with Gasteiger partial charge in [-0.1, -0.05) is 12.8 Å². The van der Waals surface area contributed by atoms with E-state index in [2.05, 4.69) is 36.3 Å². The number of hydrogen-bond donors (Lipinski definition) is 3. The van der Waals surface area contributed by atoms with Crippen molar-refractivity contribution in [1.29, 1.82) is 0 Å². The van der Waals surface area contributed by atoms with Gasteiger partial charge in [0.2, 0.25) is 0 Å². The van der Waals surface area contributed by atoms with Crippen LogP contribution in [0.4, 0.5) is 15.2 Å². The average molecular weight is 491 g/mol. The first-order valence-electron chi connectivity index (χ1n) is 9.31. The van der Waals surface area contributed by atoms with Crippen LogP contribution in [-0.2, 0) is 10.0 Å². The summed E-state index contributed by atoms with van der Waals surface area (Å²) in [5.74, 6) is 0.00664. The third-order valence-corrected chi connectivity index (χ3v) is 7.56. The second kappa shape index (κ2) is 10.00. The molecule has 3 N–H and O–H groups in total. The molecule has 3 rings (SSSR count). The highest BCUT2D eigenvalue weighted by Gasteiger charge is 2.22. The number of hydrogen-bond acceptors (Lipinski definition) is 6. The predicted molar refractivity (Wildman–Crippen MR) is 115 cm³/mol. The van der Waals surface area contributed by atoms with Crippen LogP contribution in [0.3, 0.4) is 0 Å². The van der Waals surface area contributed by atoms with Crippen LogP contribution < -0.4 is 15.4 Å². The minimum Gasteiger partial charge on any atom is -0.384 e. The topological polar surface area (TPSA) is 83.1 Å². The lowest BCUT2D eigenvalue weighted by molar-refractivity contribution is 0.493. The van der Waals surface area contributed by atoms with Gasteiger partial charge >= 0.3 is 0 Å². The zero-order chi connectivity index (χ0) is 20.0. The highest BCUT2D eigenvalue weighted by Crippen LogP contribution is 2.30. The zero-order valence-corrected chi connectivity index (χ0v) is 18.6. The van der Waals surface area contributed by atoms with Crippen molar-refractivity contribution in [3.8, 4) is 0 Å². The van der Waals surface area contributed by atoms with Gasteiger partial charge < -0.3 is 10.6 Å². The van der Waals surface area contributed by atoms with Crippen molar-refractivity contribution in [2.45, 2.75) is 37.0 Å². The second-order valence-corrected chi connectivity index (χ2v) is 10.2. The maximum absolute atomic E-state index is 14.5. The third kappa shape index (κ3) is 5.88. The average Bonchev–Trinajstić information content (AvgIpc) is 3.34. The molecule has 1 aliphatic rings. The van der Waals surface area contributed by atoms with Gasteiger partial charge in [0.05, 0.1) is 5.69 Å². The van der Waals surface area contributed by atoms with Crippen molar-refractivity contribution in [2.75, 3.05) is 29.7 Å². The summed E-state index contributed by atoms with van der Waals surface area (Å²) in [6.45, 7) is 2.98. The predicted octanol–water partition coefficient (Wildman–Crippen LogP) is 4.43. The molecule has 2 heterocycles. The summed E-state index contributed by atoms with van der Waals surface area (Å²) in [7, 11) is -4.03. The molecule has 154 valence electrons. The number of unbranched alkanes of at least 4 members (excludes halogenated alkanes) is 2. The Hall–Kier alpha value is -1.23. The molecule has 1 atom stereocenters. The molecule has 1 aliphatic heterocycles. The third-order valence-electron chi connectivity index (χ3n) is 4.73. The highest BCUT2D eigenvalue weighted by atomic mass is 79.9. The lowest BCUT2D eigenvalue weighted by Crippen LogP contribution is -2.15. The van der Waals surface area contributed by atoms with Crippen LogP contribution in [0.2, 0.25) is 0 Å². The summed E-state index contributed by atoms with van der Waals surface area (Å²) < 4.78 is 42.0. The van der Waals surface area contributed by atoms with Gasteiger partial charge in [0.25, 0.3) is 10.0 Å². The van der Waals surface area contributed by atoms with E-state index in [4.69, 9.17) is 0 Å². The normalized spacial score (nSPS) is 17.0. The minimum atomic E-state index is -4.03. The van der Waals surface area contributed by atoms with Crippen LogP contribution >= 0.6 is 27.3 Å². The summed E-state index contributed by atoms with van der Waals surface area (Å²) in [6, 6.07) is 2.49. The van der Waals surface area contributed by atoms with E-state index in [0.29, 0.717) is 16.7 Å². The number of halogens is 2. The first-order valence-corrected chi connectivity index (χ1v) is 12.5. The molecule has 0 spiro atoms. The molecule has 2 aromatic rings. The Bertz CT molecular complexity index is 872. The molecular weight excluding hydrogens is 467 g/mol. The van der Waals surface area contributed by atoms with Crippen molar-refractivity contribution in [3.63, 3.8) is 0 Å². The Morgan fingerprint density at radius 1 is 1.32 bits per heavy atom. The van der Waals surface area contributed by atoms with Gasteiger partial charge in [-0.25, -0.2) is 17.8 Å². The van der Waals surface area contributed by atoms with Crippen LogP contribution in [0.15, 0.2) is 33.1 Å². The maximum atomic E-state index is 14.5. The van der Waals surface area contributed by atoms with Crippen LogP contribution in [0.5, 0.6) is 0 Å². The Balaban J connectivity index is 1.51. The first-order chi connectivity index (χ1) is 13.5. The van der Waals surface area contributed by atoms with Crippen LogP contribution in [0.25, 0.3) is 0 Å². The van der Waals surface area contributed by atoms with Crippen molar-refractivity contribution in [1.82, 2.24) is 10.3 Å². The minimum absolute atomic E-state index is 0.200. The van der Waals surface area contributed by atoms with Crippen molar-refractivity contribution >= 4 is 48.1 Å². The van der Waals surface area contributed by atoms with E-state index < -0.39 is 20.7 Å². The van der Waals surface area contributed by atoms with E-state index in [1.807, 2.05) is 0 Å². The molecule has 6 nitrogen and oxygen atoms in total. The van der Waals surface area contributed by atoms with Crippen molar-refractivity contribution < 1.29 is 12.8 Å². The Kier molecular flexibility index (Phi) is 7.67. The number of nitrogens with zero attached hydrogens (tertiary/aromatic N) is 1. The molecule has 0 saturated carbocycles. The van der Waals surface area contributed by atoms with Crippen molar-refractivity contribution in [2.24, 2.45) is 5.92 Å². The van der Waals surface area contributed by atoms with E-state index in [-0.39, 0.29) is 5.13 Å². The molecule has 0 radical (unpaired) electrons. The Labute approximate surface area is 177 Å². The number of thiazole rings is 1. The maximum Gasteiger partial charge on any atom is 0.266 e. The molecule has 0 unspecified atom stereocenters. The molecule has 1 aromatic heterocycles. The second-order valence-electron chi connectivity index (χ2n) is 6.84. The molecule has 0 bridgehead atoms. The molecule has 0 aliphatic carbocycles. The Morgan fingerprint density at radius 2 is 2.18 bits per heavy atom. The number of sulfonamides is 1. The number of rotatable bonds is 10. The van der Waals surface area contributed by atoms with Crippen LogP contribution in [-0.4, -0.2) is 33.0 Å². The van der Waals surface area contributed by atoms with Gasteiger partial charge in [0.1, 0.15) is 10.7 Å². The standard InChI is InChI=1S/C18H24BrFN4O2S2/c19-14-10-17(28(25,26)24-18-23-8-9-27-18)15(20)11-16(14)22-6-3-1-2-4-13-5-7-21-12-13/h8-11,13,21-22H,1-7,12H2,(H,23,24)/t13-/m1/s1. The smallest absolute Gasteiger partial charge is 0.266 e. The highest BCUT2D eigenvalue weighted by molar-refractivity contribution is 9.10. The summed E-state index contributed by atoms with van der Waals surface area (Å²) in [5.41, 5.74) is 0.547. The molecule has 1 fully saturated rings. The number of aromatic nitrogens is 1. The van der Waals surface area contributed by atoms with Gasteiger partial charge in [-0.05, 0) is 66.3 Å². The van der Waals surface area contributed by atoms with Gasteiger partial charge in [0.15, 0.2) is 5.13 Å². The SMILES string of the molecule is O=S(=O)(Nc1nccs1)c1cc(Br)c(NCCCCC[C@@H]2CCNC2)cc1F. The van der Waals surface area contributed by atoms with E-state index >= 15 is 0 Å². The largest absolute Gasteiger partial charge is 0.384 e. The lowest BCUT2D eigenvalue weighted by Gasteiger charge is -2.12. The van der Waals surface area contributed by atoms with Gasteiger partial charge in [-0.3, -0.25) is 4.72 Å². The number of anilines is 2. The van der Waals surface area contributed by atoms with Gasteiger partial charge in [-0.15, -0.1) is 11.3 Å². The van der Waals surface area contributed by atoms with Gasteiger partial charge in [-0.2, -0.15) is 0 Å². The first kappa shape index (κ1) is 21.5. The fourth-order valence-electron chi connectivity index (χ4n) is 3.23. The summed E-state index contributed by atoms with van der Waals surface area (Å²) in [6.07, 6.45) is 7.31. The monoisotopic (exact) mass is 490 g/mol. The number of nitrogens with one attached hydrogen (secondary N) is 3. The zero-order valence-electron chi connectivity index (χ0n) is 15.4. The van der Waals surface area contributed by atoms with Crippen molar-refractivity contribution in [3.05, 3.63) is 34.0 Å². The summed E-state index contributed by atoms with van der Waals surface area (Å²) in [5, 5.41) is 8.40. The molecular formula is C18H24BrFN4O2S2. The van der Waals surface area contributed by atoms with Crippen LogP contribution in [0.1, 0.15) is 32.1 Å². The van der Waals surface area contributed by atoms with E-state index in [9.17, 15) is 12.8 Å². The molecule has 1 aromatic carbocycles. The van der Waals surface area contributed by atoms with Gasteiger partial charge in [0, 0.05) is 22.6 Å². The molecule has 28 heavy (non-hydrogen) atoms. The molecule has 10 heteroatoms. The van der Waals surface area contributed by atoms with E-state index in [0.717, 1.165) is 43.2 Å². The molecule has 1 saturated heterocycles. The van der Waals surface area contributed by atoms with Crippen LogP contribution in [0, 0.1) is 11.7 Å². The van der Waals surface area contributed by atoms with E-state index in [1.165, 1.54) is 37.6 Å². The lowest BCUT2D eigenvalue weighted by atomic mass is 10.0. The summed E-state index contributed by atoms with van der Waals surface area (Å²) in [4.78, 5) is 3.45. The Morgan fingerprint density at radius 3 is 2.89 bits per heavy atom. The fourth-order valence-corrected chi connectivity index (χ4v) is 5.74.